The minimum Gasteiger partial charge on any atom is -0.250 e. The van der Waals surface area contributed by atoms with Crippen molar-refractivity contribution in [2.45, 2.75) is 80.1 Å². The van der Waals surface area contributed by atoms with Gasteiger partial charge in [0.25, 0.3) is 0 Å². The fourth-order valence-corrected chi connectivity index (χ4v) is 2.64. The van der Waals surface area contributed by atoms with Crippen molar-refractivity contribution in [2.24, 2.45) is 0 Å². The Hall–Kier alpha value is -0.157. The molecule has 0 nitrogen and oxygen atoms in total. The van der Waals surface area contributed by atoms with Gasteiger partial charge in [-0.2, -0.15) is 11.1 Å². The van der Waals surface area contributed by atoms with E-state index in [1.54, 1.807) is 0 Å². The molecule has 0 N–H and O–H groups in total. The van der Waals surface area contributed by atoms with Crippen molar-refractivity contribution in [3.05, 3.63) is 45.6 Å². The SMILES string of the molecule is CCCC1=[C-]C(C)=C(C)C1.CCCC1=[C-]C(C)=C(C)C1.[Zr+2]. The first-order valence-electron chi connectivity index (χ1n) is 8.04. The molecule has 0 heterocycles. The summed E-state index contributed by atoms with van der Waals surface area (Å²) in [6.45, 7) is 13.1. The van der Waals surface area contributed by atoms with E-state index >= 15 is 0 Å². The molecule has 0 aromatic carbocycles. The van der Waals surface area contributed by atoms with E-state index < -0.39 is 0 Å². The van der Waals surface area contributed by atoms with Gasteiger partial charge < -0.3 is 0 Å². The van der Waals surface area contributed by atoms with E-state index in [2.05, 4.69) is 53.7 Å². The topological polar surface area (TPSA) is 0 Å². The minimum absolute atomic E-state index is 0. The standard InChI is InChI=1S/2C10H15.Zr/c2*1-4-5-10-6-8(2)9(3)7-10;/h2*4-6H2,1-3H3;/q2*-1;+2. The van der Waals surface area contributed by atoms with Gasteiger partial charge in [0.15, 0.2) is 0 Å². The van der Waals surface area contributed by atoms with Gasteiger partial charge in [0.2, 0.25) is 0 Å². The van der Waals surface area contributed by atoms with Crippen LogP contribution in [0.2, 0.25) is 0 Å². The predicted molar refractivity (Wildman–Crippen MR) is 89.3 cm³/mol. The zero-order chi connectivity index (χ0) is 15.1. The van der Waals surface area contributed by atoms with Gasteiger partial charge >= 0.3 is 26.2 Å². The van der Waals surface area contributed by atoms with E-state index in [4.69, 9.17) is 0 Å². The molecule has 2 aliphatic carbocycles. The van der Waals surface area contributed by atoms with E-state index in [1.165, 1.54) is 72.0 Å². The van der Waals surface area contributed by atoms with E-state index in [0.29, 0.717) is 0 Å². The van der Waals surface area contributed by atoms with Crippen LogP contribution in [0.4, 0.5) is 0 Å². The molecular formula is C20H30Zr. The summed E-state index contributed by atoms with van der Waals surface area (Å²) in [7, 11) is 0. The third kappa shape index (κ3) is 7.09. The Morgan fingerprint density at radius 2 is 1.05 bits per heavy atom. The zero-order valence-corrected chi connectivity index (χ0v) is 17.2. The van der Waals surface area contributed by atoms with Gasteiger partial charge in [0.1, 0.15) is 0 Å². The molecule has 0 amide bonds. The first kappa shape index (κ1) is 20.8. The number of hydrogen-bond acceptors (Lipinski definition) is 0. The number of allylic oxidation sites excluding steroid dienone is 8. The van der Waals surface area contributed by atoms with Crippen LogP contribution < -0.4 is 0 Å². The quantitative estimate of drug-likeness (QED) is 0.501. The van der Waals surface area contributed by atoms with E-state index in [0.717, 1.165) is 0 Å². The van der Waals surface area contributed by atoms with Gasteiger partial charge in [-0.1, -0.05) is 66.2 Å². The second-order valence-corrected chi connectivity index (χ2v) is 6.12. The Balaban J connectivity index is 0.000000364. The first-order valence-corrected chi connectivity index (χ1v) is 8.04. The van der Waals surface area contributed by atoms with Crippen molar-refractivity contribution in [3.63, 3.8) is 0 Å². The molecule has 0 aromatic heterocycles. The molecule has 1 heteroatoms. The van der Waals surface area contributed by atoms with Gasteiger partial charge in [0, 0.05) is 0 Å². The van der Waals surface area contributed by atoms with Crippen LogP contribution in [0.25, 0.3) is 0 Å². The summed E-state index contributed by atoms with van der Waals surface area (Å²) in [5, 5.41) is 0. The molecule has 2 rings (SSSR count). The molecule has 0 spiro atoms. The van der Waals surface area contributed by atoms with Crippen LogP contribution >= 0.6 is 0 Å². The monoisotopic (exact) mass is 360 g/mol. The van der Waals surface area contributed by atoms with Gasteiger partial charge in [-0.25, -0.2) is 34.4 Å². The van der Waals surface area contributed by atoms with Crippen LogP contribution in [-0.4, -0.2) is 0 Å². The molecule has 114 valence electrons. The Morgan fingerprint density at radius 1 is 0.714 bits per heavy atom. The largest absolute Gasteiger partial charge is 2.00 e. The van der Waals surface area contributed by atoms with Gasteiger partial charge in [0.05, 0.1) is 0 Å². The summed E-state index contributed by atoms with van der Waals surface area (Å²) in [5.41, 5.74) is 8.73. The zero-order valence-electron chi connectivity index (χ0n) is 14.7. The summed E-state index contributed by atoms with van der Waals surface area (Å²) >= 11 is 0. The maximum Gasteiger partial charge on any atom is 2.00 e. The number of rotatable bonds is 4. The average molecular weight is 362 g/mol. The molecule has 0 fully saturated rings. The van der Waals surface area contributed by atoms with Gasteiger partial charge in [-0.3, -0.25) is 0 Å². The van der Waals surface area contributed by atoms with Gasteiger partial charge in [-0.05, 0) is 0 Å². The van der Waals surface area contributed by atoms with Crippen LogP contribution in [0, 0.1) is 12.2 Å². The molecule has 21 heavy (non-hydrogen) atoms. The average Bonchev–Trinajstić information content (AvgIpc) is 2.85. The maximum absolute atomic E-state index is 3.40. The maximum atomic E-state index is 3.40. The molecule has 0 bridgehead atoms. The van der Waals surface area contributed by atoms with E-state index in [-0.39, 0.29) is 26.2 Å². The second kappa shape index (κ2) is 10.5. The Bertz CT molecular complexity index is 414. The molecule has 0 unspecified atom stereocenters. The van der Waals surface area contributed by atoms with Crippen molar-refractivity contribution >= 4 is 0 Å². The molecule has 2 aliphatic rings. The van der Waals surface area contributed by atoms with Crippen LogP contribution in [0.5, 0.6) is 0 Å². The number of hydrogen-bond donors (Lipinski definition) is 0. The summed E-state index contributed by atoms with van der Waals surface area (Å²) in [4.78, 5) is 0. The van der Waals surface area contributed by atoms with E-state index in [9.17, 15) is 0 Å². The third-order valence-corrected chi connectivity index (χ3v) is 4.07. The fraction of sp³-hybridized carbons (Fsp3) is 0.600. The second-order valence-electron chi connectivity index (χ2n) is 6.12. The van der Waals surface area contributed by atoms with Crippen molar-refractivity contribution in [1.82, 2.24) is 0 Å². The van der Waals surface area contributed by atoms with Crippen molar-refractivity contribution in [2.75, 3.05) is 0 Å². The van der Waals surface area contributed by atoms with Crippen molar-refractivity contribution in [3.8, 4) is 0 Å². The normalized spacial score (nSPS) is 17.2. The molecule has 0 saturated carbocycles. The molecule has 0 saturated heterocycles. The summed E-state index contributed by atoms with van der Waals surface area (Å²) in [6.07, 6.45) is 14.1. The van der Waals surface area contributed by atoms with Crippen LogP contribution in [0.15, 0.2) is 33.4 Å². The van der Waals surface area contributed by atoms with Crippen molar-refractivity contribution in [1.29, 1.82) is 0 Å². The first-order chi connectivity index (χ1) is 9.47. The van der Waals surface area contributed by atoms with E-state index in [1.807, 2.05) is 0 Å². The Kier molecular flexibility index (Phi) is 10.5. The summed E-state index contributed by atoms with van der Waals surface area (Å²) in [6, 6.07) is 0. The van der Waals surface area contributed by atoms with Crippen LogP contribution in [0.1, 0.15) is 80.1 Å². The summed E-state index contributed by atoms with van der Waals surface area (Å²) < 4.78 is 0. The van der Waals surface area contributed by atoms with Crippen LogP contribution in [-0.2, 0) is 26.2 Å². The fourth-order valence-electron chi connectivity index (χ4n) is 2.64. The van der Waals surface area contributed by atoms with Crippen molar-refractivity contribution < 1.29 is 26.2 Å². The Labute approximate surface area is 151 Å². The molecule has 0 atom stereocenters. The van der Waals surface area contributed by atoms with Gasteiger partial charge in [-0.15, -0.1) is 13.8 Å². The molecule has 0 aliphatic heterocycles. The molecular weight excluding hydrogens is 331 g/mol. The van der Waals surface area contributed by atoms with Crippen LogP contribution in [0.3, 0.4) is 0 Å². The minimum atomic E-state index is 0. The Morgan fingerprint density at radius 3 is 1.24 bits per heavy atom. The summed E-state index contributed by atoms with van der Waals surface area (Å²) in [5.74, 6) is 0. The molecule has 0 aromatic rings. The predicted octanol–water partition coefficient (Wildman–Crippen LogP) is 6.51. The smallest absolute Gasteiger partial charge is 0.250 e. The third-order valence-electron chi connectivity index (χ3n) is 4.07. The molecule has 0 radical (unpaired) electrons.